The molecule has 0 saturated carbocycles. The molecule has 0 spiro atoms. The van der Waals surface area contributed by atoms with Crippen LogP contribution < -0.4 is 15.2 Å². The van der Waals surface area contributed by atoms with Gasteiger partial charge in [0, 0.05) is 11.6 Å². The molecule has 4 aromatic rings. The van der Waals surface area contributed by atoms with E-state index in [9.17, 15) is 0 Å². The molecule has 0 bridgehead atoms. The van der Waals surface area contributed by atoms with E-state index < -0.39 is 0 Å². The molecule has 0 saturated heterocycles. The van der Waals surface area contributed by atoms with Gasteiger partial charge in [0.25, 0.3) is 0 Å². The Morgan fingerprint density at radius 1 is 0.733 bits per heavy atom. The Balaban J connectivity index is 1.61. The molecule has 1 aromatic heterocycles. The fourth-order valence-electron chi connectivity index (χ4n) is 2.99. The van der Waals surface area contributed by atoms with Gasteiger partial charge in [-0.15, -0.1) is 0 Å². The second-order valence-electron chi connectivity index (χ2n) is 6.79. The van der Waals surface area contributed by atoms with E-state index in [0.717, 1.165) is 22.3 Å². The van der Waals surface area contributed by atoms with Gasteiger partial charge in [-0.25, -0.2) is 0 Å². The predicted octanol–water partition coefficient (Wildman–Crippen LogP) is 6.14. The van der Waals surface area contributed by atoms with Crippen LogP contribution in [0, 0.1) is 0 Å². The highest BCUT2D eigenvalue weighted by Gasteiger charge is 2.12. The number of hydrogen-bond acceptors (Lipinski definition) is 4. The van der Waals surface area contributed by atoms with Gasteiger partial charge in [0.2, 0.25) is 11.8 Å². The molecule has 0 aliphatic heterocycles. The van der Waals surface area contributed by atoms with Crippen molar-refractivity contribution < 1.29 is 9.47 Å². The largest absolute Gasteiger partial charge is 0.473 e. The molecular weight excluding hydrogens is 396 g/mol. The fraction of sp³-hybridized carbons (Fsp3) is 0.0800. The second-order valence-corrected chi connectivity index (χ2v) is 7.19. The highest BCUT2D eigenvalue weighted by molar-refractivity contribution is 6.33. The Labute approximate surface area is 180 Å². The van der Waals surface area contributed by atoms with Crippen LogP contribution in [0.1, 0.15) is 11.1 Å². The third-order valence-electron chi connectivity index (χ3n) is 4.59. The number of rotatable bonds is 7. The summed E-state index contributed by atoms with van der Waals surface area (Å²) in [7, 11) is 0. The van der Waals surface area contributed by atoms with E-state index in [1.807, 2.05) is 84.9 Å². The quantitative estimate of drug-likeness (QED) is 0.367. The molecule has 150 valence electrons. The summed E-state index contributed by atoms with van der Waals surface area (Å²) in [5.74, 6) is 0.970. The van der Waals surface area contributed by atoms with Crippen molar-refractivity contribution >= 4 is 17.3 Å². The van der Waals surface area contributed by atoms with Crippen molar-refractivity contribution in [3.05, 3.63) is 107 Å². The Hall–Kier alpha value is -3.50. The molecule has 0 atom stereocenters. The summed E-state index contributed by atoms with van der Waals surface area (Å²) < 4.78 is 12.0. The molecule has 0 aliphatic rings. The van der Waals surface area contributed by atoms with Gasteiger partial charge in [0.15, 0.2) is 0 Å². The molecule has 0 aliphatic carbocycles. The maximum absolute atomic E-state index is 6.23. The first-order valence-corrected chi connectivity index (χ1v) is 9.97. The Morgan fingerprint density at radius 3 is 2.00 bits per heavy atom. The van der Waals surface area contributed by atoms with Crippen LogP contribution in [-0.4, -0.2) is 4.98 Å². The van der Waals surface area contributed by atoms with Crippen molar-refractivity contribution in [2.75, 3.05) is 5.73 Å². The minimum absolute atomic E-state index is 0.395. The molecule has 0 radical (unpaired) electrons. The Kier molecular flexibility index (Phi) is 6.16. The fourth-order valence-corrected chi connectivity index (χ4v) is 3.17. The lowest BCUT2D eigenvalue weighted by molar-refractivity contribution is 0.268. The highest BCUT2D eigenvalue weighted by atomic mass is 35.5. The lowest BCUT2D eigenvalue weighted by Gasteiger charge is -2.14. The van der Waals surface area contributed by atoms with Crippen molar-refractivity contribution in [1.29, 1.82) is 0 Å². The van der Waals surface area contributed by atoms with Crippen molar-refractivity contribution in [2.24, 2.45) is 0 Å². The summed E-state index contributed by atoms with van der Waals surface area (Å²) in [6.45, 7) is 0.824. The van der Waals surface area contributed by atoms with Gasteiger partial charge in [-0.2, -0.15) is 4.98 Å². The molecular formula is C25H21ClN2O2. The summed E-state index contributed by atoms with van der Waals surface area (Å²) in [6, 6.07) is 29.2. The molecule has 0 amide bonds. The normalized spacial score (nSPS) is 10.6. The van der Waals surface area contributed by atoms with Gasteiger partial charge in [0.05, 0.1) is 10.7 Å². The Morgan fingerprint density at radius 2 is 1.37 bits per heavy atom. The monoisotopic (exact) mass is 416 g/mol. The number of anilines is 1. The zero-order chi connectivity index (χ0) is 20.8. The van der Waals surface area contributed by atoms with Gasteiger partial charge in [-0.1, -0.05) is 78.3 Å². The maximum atomic E-state index is 6.23. The predicted molar refractivity (Wildman–Crippen MR) is 121 cm³/mol. The van der Waals surface area contributed by atoms with Crippen LogP contribution in [0.15, 0.2) is 91.0 Å². The van der Waals surface area contributed by atoms with Crippen molar-refractivity contribution in [3.63, 3.8) is 0 Å². The number of pyridine rings is 1. The number of benzene rings is 3. The molecule has 4 nitrogen and oxygen atoms in total. The first-order valence-electron chi connectivity index (χ1n) is 9.59. The average Bonchev–Trinajstić information content (AvgIpc) is 2.79. The van der Waals surface area contributed by atoms with E-state index in [-0.39, 0.29) is 0 Å². The molecule has 1 heterocycles. The van der Waals surface area contributed by atoms with Crippen LogP contribution in [0.4, 0.5) is 5.69 Å². The maximum Gasteiger partial charge on any atom is 0.225 e. The van der Waals surface area contributed by atoms with Crippen molar-refractivity contribution in [3.8, 4) is 22.9 Å². The molecule has 4 rings (SSSR count). The SMILES string of the molecule is Nc1ccc(-c2ccc(OCc3ccccc3)nc2OCc2ccccc2)cc1Cl. The molecule has 5 heteroatoms. The first kappa shape index (κ1) is 19.8. The molecule has 2 N–H and O–H groups in total. The van der Waals surface area contributed by atoms with Gasteiger partial charge in [-0.05, 0) is 34.9 Å². The third kappa shape index (κ3) is 4.91. The van der Waals surface area contributed by atoms with Crippen LogP contribution in [0.3, 0.4) is 0 Å². The highest BCUT2D eigenvalue weighted by Crippen LogP contribution is 2.34. The zero-order valence-corrected chi connectivity index (χ0v) is 17.0. The summed E-state index contributed by atoms with van der Waals surface area (Å²) in [5.41, 5.74) is 10.2. The lowest BCUT2D eigenvalue weighted by atomic mass is 10.1. The van der Waals surface area contributed by atoms with Gasteiger partial charge in [-0.3, -0.25) is 0 Å². The topological polar surface area (TPSA) is 57.4 Å². The van der Waals surface area contributed by atoms with Crippen LogP contribution in [0.25, 0.3) is 11.1 Å². The summed E-state index contributed by atoms with van der Waals surface area (Å²) in [4.78, 5) is 4.61. The molecule has 3 aromatic carbocycles. The third-order valence-corrected chi connectivity index (χ3v) is 4.92. The Bertz CT molecular complexity index is 1120. The lowest BCUT2D eigenvalue weighted by Crippen LogP contribution is -2.02. The van der Waals surface area contributed by atoms with E-state index in [2.05, 4.69) is 4.98 Å². The van der Waals surface area contributed by atoms with E-state index in [4.69, 9.17) is 26.8 Å². The number of aromatic nitrogens is 1. The molecule has 0 unspecified atom stereocenters. The van der Waals surface area contributed by atoms with Crippen molar-refractivity contribution in [1.82, 2.24) is 4.98 Å². The summed E-state index contributed by atoms with van der Waals surface area (Å²) in [5, 5.41) is 0.492. The van der Waals surface area contributed by atoms with Gasteiger partial charge in [0.1, 0.15) is 13.2 Å². The number of nitrogens with zero attached hydrogens (tertiary/aromatic N) is 1. The van der Waals surface area contributed by atoms with Crippen molar-refractivity contribution in [2.45, 2.75) is 13.2 Å². The van der Waals surface area contributed by atoms with E-state index in [0.29, 0.717) is 35.7 Å². The summed E-state index contributed by atoms with van der Waals surface area (Å²) in [6.07, 6.45) is 0. The van der Waals surface area contributed by atoms with Crippen LogP contribution in [0.2, 0.25) is 5.02 Å². The van der Waals surface area contributed by atoms with Crippen LogP contribution >= 0.6 is 11.6 Å². The number of halogens is 1. The minimum atomic E-state index is 0.395. The van der Waals surface area contributed by atoms with Gasteiger partial charge >= 0.3 is 0 Å². The minimum Gasteiger partial charge on any atom is -0.473 e. The number of ether oxygens (including phenoxy) is 2. The second kappa shape index (κ2) is 9.33. The molecule has 30 heavy (non-hydrogen) atoms. The van der Waals surface area contributed by atoms with Crippen LogP contribution in [-0.2, 0) is 13.2 Å². The average molecular weight is 417 g/mol. The first-order chi connectivity index (χ1) is 14.7. The number of nitrogens with two attached hydrogens (primary N) is 1. The molecule has 0 fully saturated rings. The summed E-state index contributed by atoms with van der Waals surface area (Å²) >= 11 is 6.23. The van der Waals surface area contributed by atoms with E-state index in [1.54, 1.807) is 6.07 Å². The number of hydrogen-bond donors (Lipinski definition) is 1. The standard InChI is InChI=1S/C25H21ClN2O2/c26-22-15-20(11-13-23(22)27)21-12-14-24(29-16-18-7-3-1-4-8-18)28-25(21)30-17-19-9-5-2-6-10-19/h1-15H,16-17,27H2. The zero-order valence-electron chi connectivity index (χ0n) is 16.3. The number of nitrogen functional groups attached to an aromatic ring is 1. The van der Waals surface area contributed by atoms with E-state index >= 15 is 0 Å². The van der Waals surface area contributed by atoms with Crippen LogP contribution in [0.5, 0.6) is 11.8 Å². The van der Waals surface area contributed by atoms with Gasteiger partial charge < -0.3 is 15.2 Å². The van der Waals surface area contributed by atoms with E-state index in [1.165, 1.54) is 0 Å². The smallest absolute Gasteiger partial charge is 0.225 e.